The molecule has 1 aliphatic rings. The lowest BCUT2D eigenvalue weighted by Gasteiger charge is -2.35. The largest absolute Gasteiger partial charge is 0.497 e. The first-order valence-corrected chi connectivity index (χ1v) is 11.0. The maximum Gasteiger partial charge on any atom is 0.322 e. The predicted molar refractivity (Wildman–Crippen MR) is 130 cm³/mol. The van der Waals surface area contributed by atoms with Crippen LogP contribution in [-0.4, -0.2) is 61.5 Å². The number of piperazine rings is 1. The van der Waals surface area contributed by atoms with Gasteiger partial charge >= 0.3 is 6.03 Å². The molecule has 0 spiro atoms. The number of methoxy groups -OCH3 is 2. The molecule has 0 bridgehead atoms. The molecule has 0 radical (unpaired) electrons. The third-order valence-electron chi connectivity index (χ3n) is 5.59. The van der Waals surface area contributed by atoms with Crippen molar-refractivity contribution in [3.63, 3.8) is 0 Å². The second-order valence-corrected chi connectivity index (χ2v) is 8.14. The van der Waals surface area contributed by atoms with E-state index in [1.54, 1.807) is 25.2 Å². The number of aromatic nitrogens is 2. The van der Waals surface area contributed by atoms with Gasteiger partial charge in [-0.25, -0.2) is 4.79 Å². The third-order valence-corrected chi connectivity index (χ3v) is 5.92. The Hall–Kier alpha value is -3.52. The van der Waals surface area contributed by atoms with Crippen LogP contribution in [0.5, 0.6) is 11.5 Å². The molecule has 33 heavy (non-hydrogen) atoms. The highest BCUT2D eigenvalue weighted by Gasteiger charge is 2.23. The number of aryl methyl sites for hydroxylation is 1. The summed E-state index contributed by atoms with van der Waals surface area (Å²) in [4.78, 5) is 16.6. The summed E-state index contributed by atoms with van der Waals surface area (Å²) in [5.41, 5.74) is 3.17. The van der Waals surface area contributed by atoms with Crippen molar-refractivity contribution in [2.75, 3.05) is 50.6 Å². The van der Waals surface area contributed by atoms with Crippen molar-refractivity contribution in [1.82, 2.24) is 15.1 Å². The lowest BCUT2D eigenvalue weighted by atomic mass is 10.1. The minimum absolute atomic E-state index is 0.159. The van der Waals surface area contributed by atoms with E-state index in [0.29, 0.717) is 48.3 Å². The van der Waals surface area contributed by atoms with Gasteiger partial charge in [-0.1, -0.05) is 17.7 Å². The summed E-state index contributed by atoms with van der Waals surface area (Å²) < 4.78 is 10.8. The number of nitrogens with one attached hydrogen (secondary N) is 1. The first-order valence-electron chi connectivity index (χ1n) is 10.6. The topological polar surface area (TPSA) is 79.8 Å². The van der Waals surface area contributed by atoms with Crippen LogP contribution in [0.15, 0.2) is 48.5 Å². The van der Waals surface area contributed by atoms with E-state index in [-0.39, 0.29) is 6.03 Å². The number of urea groups is 1. The quantitative estimate of drug-likeness (QED) is 0.596. The number of ether oxygens (including phenoxy) is 2. The van der Waals surface area contributed by atoms with Crippen LogP contribution < -0.4 is 19.7 Å². The Balaban J connectivity index is 1.39. The highest BCUT2D eigenvalue weighted by molar-refractivity contribution is 6.33. The summed E-state index contributed by atoms with van der Waals surface area (Å²) >= 11 is 6.20. The number of nitrogens with zero attached hydrogens (tertiary/aromatic N) is 4. The van der Waals surface area contributed by atoms with Gasteiger partial charge in [-0.05, 0) is 55.0 Å². The van der Waals surface area contributed by atoms with Crippen LogP contribution in [0.1, 0.15) is 5.56 Å². The zero-order chi connectivity index (χ0) is 23.4. The number of amides is 2. The van der Waals surface area contributed by atoms with E-state index in [4.69, 9.17) is 21.1 Å². The Labute approximate surface area is 198 Å². The highest BCUT2D eigenvalue weighted by atomic mass is 35.5. The fraction of sp³-hybridized carbons (Fsp3) is 0.292. The maximum absolute atomic E-state index is 12.7. The molecule has 0 aliphatic carbocycles. The average molecular weight is 468 g/mol. The van der Waals surface area contributed by atoms with Gasteiger partial charge in [0.05, 0.1) is 30.6 Å². The van der Waals surface area contributed by atoms with Crippen LogP contribution in [-0.2, 0) is 0 Å². The number of hydrogen-bond donors (Lipinski definition) is 1. The first-order chi connectivity index (χ1) is 16.0. The molecule has 1 saturated heterocycles. The van der Waals surface area contributed by atoms with Gasteiger partial charge < -0.3 is 24.6 Å². The van der Waals surface area contributed by atoms with Gasteiger partial charge in [0, 0.05) is 31.7 Å². The third kappa shape index (κ3) is 5.12. The Kier molecular flexibility index (Phi) is 6.84. The molecule has 2 amide bonds. The van der Waals surface area contributed by atoms with Crippen molar-refractivity contribution >= 4 is 29.1 Å². The van der Waals surface area contributed by atoms with Crippen LogP contribution in [0, 0.1) is 6.92 Å². The zero-order valence-electron chi connectivity index (χ0n) is 18.8. The number of anilines is 2. The Bertz CT molecular complexity index is 1130. The van der Waals surface area contributed by atoms with Crippen LogP contribution in [0.3, 0.4) is 0 Å². The molecule has 0 unspecified atom stereocenters. The number of rotatable bonds is 5. The van der Waals surface area contributed by atoms with Crippen LogP contribution in [0.4, 0.5) is 16.3 Å². The summed E-state index contributed by atoms with van der Waals surface area (Å²) in [6.07, 6.45) is 0. The van der Waals surface area contributed by atoms with E-state index < -0.39 is 0 Å². The van der Waals surface area contributed by atoms with Crippen LogP contribution in [0.25, 0.3) is 11.3 Å². The van der Waals surface area contributed by atoms with Crippen molar-refractivity contribution in [2.45, 2.75) is 6.92 Å². The molecule has 9 heteroatoms. The van der Waals surface area contributed by atoms with Gasteiger partial charge in [0.25, 0.3) is 0 Å². The number of carbonyl (C=O) groups is 1. The molecular formula is C24H26ClN5O3. The van der Waals surface area contributed by atoms with Gasteiger partial charge in [0.1, 0.15) is 11.5 Å². The normalized spacial score (nSPS) is 13.6. The Morgan fingerprint density at radius 1 is 0.970 bits per heavy atom. The number of carbonyl (C=O) groups excluding carboxylic acids is 1. The van der Waals surface area contributed by atoms with E-state index in [0.717, 1.165) is 22.7 Å². The maximum atomic E-state index is 12.7. The molecule has 0 atom stereocenters. The lowest BCUT2D eigenvalue weighted by molar-refractivity contribution is 0.208. The summed E-state index contributed by atoms with van der Waals surface area (Å²) in [5.74, 6) is 2.19. The zero-order valence-corrected chi connectivity index (χ0v) is 19.6. The molecule has 1 aliphatic heterocycles. The number of benzene rings is 2. The highest BCUT2D eigenvalue weighted by Crippen LogP contribution is 2.32. The minimum Gasteiger partial charge on any atom is -0.497 e. The fourth-order valence-electron chi connectivity index (χ4n) is 3.72. The van der Waals surface area contributed by atoms with Crippen molar-refractivity contribution < 1.29 is 14.3 Å². The van der Waals surface area contributed by atoms with Crippen molar-refractivity contribution in [1.29, 1.82) is 0 Å². The van der Waals surface area contributed by atoms with Gasteiger partial charge in [-0.3, -0.25) is 0 Å². The summed E-state index contributed by atoms with van der Waals surface area (Å²) in [5, 5.41) is 12.2. The Morgan fingerprint density at radius 3 is 2.42 bits per heavy atom. The van der Waals surface area contributed by atoms with Gasteiger partial charge in [0.15, 0.2) is 5.82 Å². The predicted octanol–water partition coefficient (Wildman–Crippen LogP) is 4.48. The summed E-state index contributed by atoms with van der Waals surface area (Å²) in [7, 11) is 3.24. The van der Waals surface area contributed by atoms with Crippen molar-refractivity contribution in [3.05, 3.63) is 59.1 Å². The van der Waals surface area contributed by atoms with E-state index in [2.05, 4.69) is 20.4 Å². The van der Waals surface area contributed by atoms with Gasteiger partial charge in [0.2, 0.25) is 0 Å². The van der Waals surface area contributed by atoms with Gasteiger partial charge in [-0.2, -0.15) is 0 Å². The Morgan fingerprint density at radius 2 is 1.76 bits per heavy atom. The van der Waals surface area contributed by atoms with E-state index in [1.165, 1.54) is 0 Å². The van der Waals surface area contributed by atoms with Crippen LogP contribution in [0.2, 0.25) is 5.02 Å². The van der Waals surface area contributed by atoms with Gasteiger partial charge in [-0.15, -0.1) is 10.2 Å². The molecule has 1 fully saturated rings. The first kappa shape index (κ1) is 22.7. The molecule has 0 saturated carbocycles. The average Bonchev–Trinajstić information content (AvgIpc) is 2.86. The molecule has 4 rings (SSSR count). The van der Waals surface area contributed by atoms with Crippen molar-refractivity contribution in [2.24, 2.45) is 0 Å². The molecule has 8 nitrogen and oxygen atoms in total. The standard InChI is InChI=1S/C24H26ClN5O3/c1-16-4-6-19(25)21(14-16)26-24(31)30-12-10-29(11-13-30)23-9-7-20(27-28-23)18-15-17(32-2)5-8-22(18)33-3/h4-9,14-15H,10-13H2,1-3H3,(H,26,31). The fourth-order valence-corrected chi connectivity index (χ4v) is 3.88. The van der Waals surface area contributed by atoms with E-state index in [9.17, 15) is 4.79 Å². The second kappa shape index (κ2) is 9.95. The smallest absolute Gasteiger partial charge is 0.322 e. The van der Waals surface area contributed by atoms with Crippen molar-refractivity contribution in [3.8, 4) is 22.8 Å². The summed E-state index contributed by atoms with van der Waals surface area (Å²) in [6, 6.07) is 14.8. The molecule has 2 aromatic carbocycles. The molecule has 3 aromatic rings. The van der Waals surface area contributed by atoms with E-state index >= 15 is 0 Å². The summed E-state index contributed by atoms with van der Waals surface area (Å²) in [6.45, 7) is 4.42. The SMILES string of the molecule is COc1ccc(OC)c(-c2ccc(N3CCN(C(=O)Nc4cc(C)ccc4Cl)CC3)nn2)c1. The molecule has 1 aromatic heterocycles. The van der Waals surface area contributed by atoms with Crippen LogP contribution >= 0.6 is 11.6 Å². The number of hydrogen-bond acceptors (Lipinski definition) is 6. The molecule has 1 N–H and O–H groups in total. The molecule has 172 valence electrons. The second-order valence-electron chi connectivity index (χ2n) is 7.73. The minimum atomic E-state index is -0.159. The monoisotopic (exact) mass is 467 g/mol. The molecule has 2 heterocycles. The number of halogens is 1. The lowest BCUT2D eigenvalue weighted by Crippen LogP contribution is -2.50. The van der Waals surface area contributed by atoms with E-state index in [1.807, 2.05) is 49.4 Å². The molecular weight excluding hydrogens is 442 g/mol.